The molecule has 8 heteroatoms. The van der Waals surface area contributed by atoms with Gasteiger partial charge in [0.25, 0.3) is 0 Å². The third-order valence-corrected chi connectivity index (χ3v) is 3.92. The summed E-state index contributed by atoms with van der Waals surface area (Å²) < 4.78 is 12.8. The maximum atomic E-state index is 11.7. The number of anilines is 1. The Kier molecular flexibility index (Phi) is 6.01. The molecule has 0 radical (unpaired) electrons. The quantitative estimate of drug-likeness (QED) is 0.471. The number of imidazole rings is 1. The molecule has 0 fully saturated rings. The number of rotatable bonds is 7. The van der Waals surface area contributed by atoms with Gasteiger partial charge in [0.05, 0.1) is 29.0 Å². The fourth-order valence-electron chi connectivity index (χ4n) is 2.80. The standard InChI is InChI=1S/C21H24N4O4/c1-21(2,3)29-20(27)22-10-11-28-16-7-4-6-15(12-16)25-13-23-17-8-5-9-18(19(17)25)24-14-26/h4-9,12-14H,10-11H2,1-3H3,(H,22,27)(H,24,26). The Labute approximate surface area is 168 Å². The summed E-state index contributed by atoms with van der Waals surface area (Å²) in [6.07, 6.45) is 1.86. The van der Waals surface area contributed by atoms with E-state index in [0.717, 1.165) is 16.7 Å². The molecule has 8 nitrogen and oxygen atoms in total. The number of aromatic nitrogens is 2. The largest absolute Gasteiger partial charge is 0.492 e. The van der Waals surface area contributed by atoms with Crippen molar-refractivity contribution >= 4 is 29.2 Å². The first-order valence-corrected chi connectivity index (χ1v) is 9.24. The van der Waals surface area contributed by atoms with E-state index in [0.29, 0.717) is 31.0 Å². The molecule has 0 unspecified atom stereocenters. The summed E-state index contributed by atoms with van der Waals surface area (Å²) >= 11 is 0. The molecule has 2 amide bonds. The second-order valence-corrected chi connectivity index (χ2v) is 7.32. The summed E-state index contributed by atoms with van der Waals surface area (Å²) in [5.74, 6) is 0.649. The van der Waals surface area contributed by atoms with Crippen LogP contribution in [0, 0.1) is 0 Å². The van der Waals surface area contributed by atoms with Gasteiger partial charge in [0, 0.05) is 6.07 Å². The van der Waals surface area contributed by atoms with Crippen molar-refractivity contribution in [1.29, 1.82) is 0 Å². The Hall–Kier alpha value is -3.55. The van der Waals surface area contributed by atoms with Crippen LogP contribution in [0.3, 0.4) is 0 Å². The van der Waals surface area contributed by atoms with Crippen molar-refractivity contribution < 1.29 is 19.1 Å². The third-order valence-electron chi connectivity index (χ3n) is 3.92. The molecule has 0 saturated heterocycles. The molecule has 152 valence electrons. The number of carbonyl (C=O) groups is 2. The lowest BCUT2D eigenvalue weighted by Crippen LogP contribution is -2.34. The summed E-state index contributed by atoms with van der Waals surface area (Å²) in [7, 11) is 0. The number of hydrogen-bond acceptors (Lipinski definition) is 5. The van der Waals surface area contributed by atoms with Crippen LogP contribution in [0.5, 0.6) is 5.75 Å². The second kappa shape index (κ2) is 8.64. The maximum absolute atomic E-state index is 11.7. The number of alkyl carbamates (subject to hydrolysis) is 1. The van der Waals surface area contributed by atoms with Gasteiger partial charge in [0.2, 0.25) is 6.41 Å². The highest BCUT2D eigenvalue weighted by molar-refractivity contribution is 5.94. The zero-order valence-corrected chi connectivity index (χ0v) is 16.6. The zero-order valence-electron chi connectivity index (χ0n) is 16.6. The Bertz CT molecular complexity index is 1010. The molecule has 1 aromatic heterocycles. The number of carbonyl (C=O) groups excluding carboxylic acids is 2. The highest BCUT2D eigenvalue weighted by Gasteiger charge is 2.15. The van der Waals surface area contributed by atoms with Gasteiger partial charge in [-0.2, -0.15) is 0 Å². The molecule has 3 rings (SSSR count). The van der Waals surface area contributed by atoms with E-state index in [9.17, 15) is 9.59 Å². The topological polar surface area (TPSA) is 94.5 Å². The molecule has 2 N–H and O–H groups in total. The summed E-state index contributed by atoms with van der Waals surface area (Å²) in [6, 6.07) is 13.0. The van der Waals surface area contributed by atoms with Crippen molar-refractivity contribution in [3.05, 3.63) is 48.8 Å². The molecule has 0 aliphatic heterocycles. The maximum Gasteiger partial charge on any atom is 0.407 e. The third kappa shape index (κ3) is 5.25. The van der Waals surface area contributed by atoms with Crippen LogP contribution in [0.25, 0.3) is 16.7 Å². The van der Waals surface area contributed by atoms with Crippen LogP contribution in [0.15, 0.2) is 48.8 Å². The Morgan fingerprint density at radius 1 is 1.21 bits per heavy atom. The number of fused-ring (bicyclic) bond motifs is 1. The van der Waals surface area contributed by atoms with Crippen LogP contribution in [0.2, 0.25) is 0 Å². The van der Waals surface area contributed by atoms with E-state index in [2.05, 4.69) is 15.6 Å². The van der Waals surface area contributed by atoms with Crippen molar-refractivity contribution in [2.24, 2.45) is 0 Å². The highest BCUT2D eigenvalue weighted by atomic mass is 16.6. The van der Waals surface area contributed by atoms with Crippen LogP contribution in [0.4, 0.5) is 10.5 Å². The summed E-state index contributed by atoms with van der Waals surface area (Å²) in [5.41, 5.74) is 2.53. The Morgan fingerprint density at radius 2 is 2.00 bits per heavy atom. The van der Waals surface area contributed by atoms with E-state index >= 15 is 0 Å². The van der Waals surface area contributed by atoms with E-state index in [-0.39, 0.29) is 0 Å². The molecular formula is C21H24N4O4. The molecule has 0 aliphatic rings. The van der Waals surface area contributed by atoms with E-state index in [1.54, 1.807) is 6.33 Å². The molecule has 0 saturated carbocycles. The van der Waals surface area contributed by atoms with Crippen molar-refractivity contribution in [1.82, 2.24) is 14.9 Å². The van der Waals surface area contributed by atoms with Gasteiger partial charge in [0.1, 0.15) is 24.3 Å². The van der Waals surface area contributed by atoms with Gasteiger partial charge in [-0.25, -0.2) is 9.78 Å². The molecule has 29 heavy (non-hydrogen) atoms. The minimum atomic E-state index is -0.537. The monoisotopic (exact) mass is 396 g/mol. The minimum Gasteiger partial charge on any atom is -0.492 e. The van der Waals surface area contributed by atoms with Gasteiger partial charge in [0.15, 0.2) is 0 Å². The molecule has 0 aliphatic carbocycles. The fraction of sp³-hybridized carbons (Fsp3) is 0.286. The Balaban J connectivity index is 1.68. The molecular weight excluding hydrogens is 372 g/mol. The van der Waals surface area contributed by atoms with Crippen LogP contribution in [0.1, 0.15) is 20.8 Å². The highest BCUT2D eigenvalue weighted by Crippen LogP contribution is 2.27. The Morgan fingerprint density at radius 3 is 2.76 bits per heavy atom. The minimum absolute atomic E-state index is 0.297. The lowest BCUT2D eigenvalue weighted by molar-refractivity contribution is -0.105. The number of para-hydroxylation sites is 1. The van der Waals surface area contributed by atoms with Crippen molar-refractivity contribution in [2.75, 3.05) is 18.5 Å². The number of hydrogen-bond donors (Lipinski definition) is 2. The van der Waals surface area contributed by atoms with Crippen LogP contribution >= 0.6 is 0 Å². The molecule has 0 spiro atoms. The van der Waals surface area contributed by atoms with Gasteiger partial charge >= 0.3 is 6.09 Å². The van der Waals surface area contributed by atoms with Crippen molar-refractivity contribution in [2.45, 2.75) is 26.4 Å². The lowest BCUT2D eigenvalue weighted by atomic mass is 10.2. The number of ether oxygens (including phenoxy) is 2. The van der Waals surface area contributed by atoms with Gasteiger partial charge in [-0.15, -0.1) is 0 Å². The molecule has 0 atom stereocenters. The summed E-state index contributed by atoms with van der Waals surface area (Å²) in [6.45, 7) is 6.05. The average molecular weight is 396 g/mol. The number of nitrogens with zero attached hydrogens (tertiary/aromatic N) is 2. The first kappa shape index (κ1) is 20.2. The van der Waals surface area contributed by atoms with Gasteiger partial charge in [-0.1, -0.05) is 12.1 Å². The smallest absolute Gasteiger partial charge is 0.407 e. The van der Waals surface area contributed by atoms with Gasteiger partial charge in [-0.05, 0) is 45.0 Å². The molecule has 3 aromatic rings. The molecule has 2 aromatic carbocycles. The first-order valence-electron chi connectivity index (χ1n) is 9.24. The summed E-state index contributed by atoms with van der Waals surface area (Å²) in [5, 5.41) is 5.36. The summed E-state index contributed by atoms with van der Waals surface area (Å²) in [4.78, 5) is 27.0. The number of amides is 2. The fourth-order valence-corrected chi connectivity index (χ4v) is 2.80. The van der Waals surface area contributed by atoms with E-state index < -0.39 is 11.7 Å². The second-order valence-electron chi connectivity index (χ2n) is 7.32. The zero-order chi connectivity index (χ0) is 20.9. The molecule has 1 heterocycles. The van der Waals surface area contributed by atoms with Crippen molar-refractivity contribution in [3.63, 3.8) is 0 Å². The van der Waals surface area contributed by atoms with E-state index in [1.165, 1.54) is 0 Å². The van der Waals surface area contributed by atoms with Crippen LogP contribution in [-0.4, -0.2) is 40.8 Å². The average Bonchev–Trinajstić information content (AvgIpc) is 3.10. The van der Waals surface area contributed by atoms with Crippen LogP contribution in [-0.2, 0) is 9.53 Å². The number of benzene rings is 2. The van der Waals surface area contributed by atoms with Crippen LogP contribution < -0.4 is 15.4 Å². The SMILES string of the molecule is CC(C)(C)OC(=O)NCCOc1cccc(-n2cnc3cccc(NC=O)c32)c1. The predicted octanol–water partition coefficient (Wildman–Crippen LogP) is 3.50. The number of nitrogens with one attached hydrogen (secondary N) is 2. The lowest BCUT2D eigenvalue weighted by Gasteiger charge is -2.19. The normalized spacial score (nSPS) is 11.1. The first-order chi connectivity index (χ1) is 13.9. The van der Waals surface area contributed by atoms with E-state index in [1.807, 2.05) is 67.8 Å². The molecule has 0 bridgehead atoms. The van der Waals surface area contributed by atoms with Gasteiger partial charge in [-0.3, -0.25) is 9.36 Å². The predicted molar refractivity (Wildman–Crippen MR) is 110 cm³/mol. The van der Waals surface area contributed by atoms with Gasteiger partial charge < -0.3 is 20.1 Å². The van der Waals surface area contributed by atoms with E-state index in [4.69, 9.17) is 9.47 Å². The van der Waals surface area contributed by atoms with Crippen molar-refractivity contribution in [3.8, 4) is 11.4 Å².